The molecule has 2 aromatic heterocycles. The third-order valence-corrected chi connectivity index (χ3v) is 6.94. The van der Waals surface area contributed by atoms with Gasteiger partial charge in [0.2, 0.25) is 0 Å². The van der Waals surface area contributed by atoms with Crippen LogP contribution in [0.3, 0.4) is 0 Å². The molecule has 5 aromatic rings. The van der Waals surface area contributed by atoms with Crippen molar-refractivity contribution < 1.29 is 9.90 Å². The monoisotopic (exact) mass is 478 g/mol. The minimum absolute atomic E-state index is 0.0700. The van der Waals surface area contributed by atoms with Gasteiger partial charge in [-0.05, 0) is 51.3 Å². The molecule has 1 aliphatic rings. The van der Waals surface area contributed by atoms with Crippen LogP contribution in [0.5, 0.6) is 0 Å². The highest BCUT2D eigenvalue weighted by Crippen LogP contribution is 2.40. The first-order valence-corrected chi connectivity index (χ1v) is 12.1. The van der Waals surface area contributed by atoms with Gasteiger partial charge in [-0.2, -0.15) is 0 Å². The highest BCUT2D eigenvalue weighted by Gasteiger charge is 2.32. The van der Waals surface area contributed by atoms with Gasteiger partial charge in [-0.3, -0.25) is 14.2 Å². The highest BCUT2D eigenvalue weighted by atomic mass is 16.3. The largest absolute Gasteiger partial charge is 0.388 e. The van der Waals surface area contributed by atoms with E-state index < -0.39 is 0 Å². The Balaban J connectivity index is 1.59. The molecule has 0 saturated heterocycles. The topological polar surface area (TPSA) is 80.4 Å². The summed E-state index contributed by atoms with van der Waals surface area (Å²) in [6, 6.07) is 20.4. The number of benzene rings is 3. The summed E-state index contributed by atoms with van der Waals surface area (Å²) in [5, 5.41) is 11.1. The fourth-order valence-corrected chi connectivity index (χ4v) is 5.32. The van der Waals surface area contributed by atoms with E-state index in [0.717, 1.165) is 30.6 Å². The number of aliphatic hydroxyl groups is 1. The van der Waals surface area contributed by atoms with Gasteiger partial charge in [0.15, 0.2) is 5.78 Å². The van der Waals surface area contributed by atoms with E-state index in [0.29, 0.717) is 44.6 Å². The molecule has 0 saturated carbocycles. The van der Waals surface area contributed by atoms with Crippen LogP contribution in [-0.2, 0) is 13.2 Å². The van der Waals surface area contributed by atoms with E-state index in [1.165, 1.54) is 0 Å². The number of rotatable bonds is 6. The van der Waals surface area contributed by atoms with Crippen LogP contribution in [0.1, 0.15) is 28.2 Å². The Labute approximate surface area is 207 Å². The Bertz CT molecular complexity index is 1730. The maximum absolute atomic E-state index is 13.9. The first-order chi connectivity index (χ1) is 17.5. The molecule has 1 aliphatic carbocycles. The summed E-state index contributed by atoms with van der Waals surface area (Å²) >= 11 is 0. The number of hydrogen-bond donors (Lipinski definition) is 1. The summed E-state index contributed by atoms with van der Waals surface area (Å²) < 4.78 is 3.68. The number of imidazole rings is 1. The Morgan fingerprint density at radius 3 is 2.39 bits per heavy atom. The Morgan fingerprint density at radius 1 is 0.917 bits per heavy atom. The van der Waals surface area contributed by atoms with Crippen molar-refractivity contribution in [2.45, 2.75) is 19.6 Å². The summed E-state index contributed by atoms with van der Waals surface area (Å²) in [6.45, 7) is 1.49. The third kappa shape index (κ3) is 3.31. The number of hydrogen-bond acceptors (Lipinski definition) is 5. The number of ketones is 1. The molecule has 0 aliphatic heterocycles. The quantitative estimate of drug-likeness (QED) is 0.392. The number of aliphatic hydroxyl groups excluding tert-OH is 1. The number of pyridine rings is 1. The summed E-state index contributed by atoms with van der Waals surface area (Å²) in [7, 11) is 4.07. The molecule has 0 unspecified atom stereocenters. The predicted octanol–water partition coefficient (Wildman–Crippen LogP) is 4.00. The highest BCUT2D eigenvalue weighted by molar-refractivity contribution is 6.26. The molecule has 7 heteroatoms. The summed E-state index contributed by atoms with van der Waals surface area (Å²) in [5.41, 5.74) is 4.60. The molecule has 180 valence electrons. The zero-order valence-corrected chi connectivity index (χ0v) is 20.2. The van der Waals surface area contributed by atoms with E-state index in [9.17, 15) is 14.7 Å². The Morgan fingerprint density at radius 2 is 1.64 bits per heavy atom. The normalized spacial score (nSPS) is 12.6. The van der Waals surface area contributed by atoms with Crippen LogP contribution in [0.4, 0.5) is 0 Å². The lowest BCUT2D eigenvalue weighted by Crippen LogP contribution is -2.21. The molecule has 0 amide bonds. The van der Waals surface area contributed by atoms with Crippen molar-refractivity contribution in [1.82, 2.24) is 19.0 Å². The summed E-state index contributed by atoms with van der Waals surface area (Å²) in [4.78, 5) is 34.1. The standard InChI is InChI=1S/C29H26N4O3/c1-31(2)14-7-15-32-24-13-12-18(16-23(24)30-25(32)17-34)33-27-20-9-4-5-10-21(20)28(35)26(27)19-8-3-6-11-22(19)29(33)36/h3-6,8-13,16,34H,7,14-15,17H2,1-2H3. The minimum Gasteiger partial charge on any atom is -0.388 e. The van der Waals surface area contributed by atoms with Gasteiger partial charge in [0, 0.05) is 28.4 Å². The van der Waals surface area contributed by atoms with Crippen LogP contribution in [0.15, 0.2) is 71.5 Å². The lowest BCUT2D eigenvalue weighted by atomic mass is 10.0. The Kier molecular flexibility index (Phi) is 5.32. The van der Waals surface area contributed by atoms with Gasteiger partial charge in [0.05, 0.1) is 28.0 Å². The first kappa shape index (κ1) is 22.4. The summed E-state index contributed by atoms with van der Waals surface area (Å²) in [6.07, 6.45) is 0.920. The van der Waals surface area contributed by atoms with Crippen molar-refractivity contribution >= 4 is 27.6 Å². The van der Waals surface area contributed by atoms with Crippen molar-refractivity contribution in [2.24, 2.45) is 0 Å². The van der Waals surface area contributed by atoms with Gasteiger partial charge in [0.1, 0.15) is 12.4 Å². The lowest BCUT2D eigenvalue weighted by molar-refractivity contribution is 0.104. The van der Waals surface area contributed by atoms with Crippen LogP contribution in [0.2, 0.25) is 0 Å². The molecule has 0 fully saturated rings. The number of carbonyl (C=O) groups is 1. The number of nitrogens with zero attached hydrogens (tertiary/aromatic N) is 4. The van der Waals surface area contributed by atoms with Crippen LogP contribution >= 0.6 is 0 Å². The molecule has 36 heavy (non-hydrogen) atoms. The average Bonchev–Trinajstić information content (AvgIpc) is 3.39. The van der Waals surface area contributed by atoms with Gasteiger partial charge in [-0.25, -0.2) is 4.98 Å². The fourth-order valence-electron chi connectivity index (χ4n) is 5.32. The molecule has 7 nitrogen and oxygen atoms in total. The first-order valence-electron chi connectivity index (χ1n) is 12.1. The second kappa shape index (κ2) is 8.55. The van der Waals surface area contributed by atoms with Crippen LogP contribution in [0, 0.1) is 0 Å². The van der Waals surface area contributed by atoms with Crippen molar-refractivity contribution in [2.75, 3.05) is 20.6 Å². The lowest BCUT2D eigenvalue weighted by Gasteiger charge is -2.15. The third-order valence-electron chi connectivity index (χ3n) is 6.94. The van der Waals surface area contributed by atoms with Crippen LogP contribution in [-0.4, -0.2) is 50.5 Å². The smallest absolute Gasteiger partial charge is 0.263 e. The second-order valence-corrected chi connectivity index (χ2v) is 9.45. The van der Waals surface area contributed by atoms with Crippen molar-refractivity contribution in [3.8, 4) is 16.9 Å². The number of carbonyl (C=O) groups excluding carboxylic acids is 1. The van der Waals surface area contributed by atoms with Crippen molar-refractivity contribution in [3.05, 3.63) is 94.0 Å². The zero-order chi connectivity index (χ0) is 25.0. The maximum atomic E-state index is 13.9. The number of fused-ring (bicyclic) bond motifs is 6. The van der Waals surface area contributed by atoms with Crippen LogP contribution in [0.25, 0.3) is 38.8 Å². The van der Waals surface area contributed by atoms with Crippen LogP contribution < -0.4 is 5.56 Å². The molecule has 0 radical (unpaired) electrons. The van der Waals surface area contributed by atoms with Gasteiger partial charge >= 0.3 is 0 Å². The van der Waals surface area contributed by atoms with Gasteiger partial charge < -0.3 is 14.6 Å². The van der Waals surface area contributed by atoms with E-state index in [-0.39, 0.29) is 17.9 Å². The maximum Gasteiger partial charge on any atom is 0.263 e. The van der Waals surface area contributed by atoms with E-state index in [2.05, 4.69) is 9.88 Å². The van der Waals surface area contributed by atoms with Crippen molar-refractivity contribution in [3.63, 3.8) is 0 Å². The van der Waals surface area contributed by atoms with E-state index in [4.69, 9.17) is 0 Å². The SMILES string of the molecule is CN(C)CCCn1c(CO)nc2cc(-n3c4c(c5ccccc5c3=O)C(=O)c3ccccc3-4)ccc21. The molecule has 0 bridgehead atoms. The molecule has 1 N–H and O–H groups in total. The Hall–Kier alpha value is -4.07. The zero-order valence-electron chi connectivity index (χ0n) is 20.2. The van der Waals surface area contributed by atoms with Gasteiger partial charge in [-0.1, -0.05) is 42.5 Å². The number of aryl methyl sites for hydroxylation is 1. The van der Waals surface area contributed by atoms with Gasteiger partial charge in [-0.15, -0.1) is 0 Å². The van der Waals surface area contributed by atoms with E-state index >= 15 is 0 Å². The second-order valence-electron chi connectivity index (χ2n) is 9.45. The predicted molar refractivity (Wildman–Crippen MR) is 141 cm³/mol. The molecular weight excluding hydrogens is 452 g/mol. The number of aromatic nitrogens is 3. The minimum atomic E-state index is -0.180. The molecule has 0 atom stereocenters. The average molecular weight is 479 g/mol. The molecule has 2 heterocycles. The van der Waals surface area contributed by atoms with E-state index in [1.54, 1.807) is 10.6 Å². The molecular formula is C29H26N4O3. The molecule has 3 aromatic carbocycles. The van der Waals surface area contributed by atoms with Gasteiger partial charge in [0.25, 0.3) is 5.56 Å². The van der Waals surface area contributed by atoms with Crippen molar-refractivity contribution in [1.29, 1.82) is 0 Å². The fraction of sp³-hybridized carbons (Fsp3) is 0.207. The molecule has 0 spiro atoms. The van der Waals surface area contributed by atoms with E-state index in [1.807, 2.05) is 79.3 Å². The summed E-state index contributed by atoms with van der Waals surface area (Å²) in [5.74, 6) is 0.525. The molecule has 6 rings (SSSR count).